The number of carbonyl (C=O) groups excluding carboxylic acids is 1. The van der Waals surface area contributed by atoms with Gasteiger partial charge in [-0.25, -0.2) is 13.7 Å². The highest BCUT2D eigenvalue weighted by Gasteiger charge is 2.26. The van der Waals surface area contributed by atoms with Gasteiger partial charge in [-0.05, 0) is 70.7 Å². The molecule has 2 aromatic heterocycles. The zero-order valence-electron chi connectivity index (χ0n) is 14.2. The van der Waals surface area contributed by atoms with Crippen LogP contribution in [0.1, 0.15) is 42.6 Å². The number of nitrogens with zero attached hydrogens (tertiary/aromatic N) is 2. The first-order chi connectivity index (χ1) is 11.9. The van der Waals surface area contributed by atoms with Gasteiger partial charge >= 0.3 is 5.97 Å². The molecule has 0 aliphatic carbocycles. The summed E-state index contributed by atoms with van der Waals surface area (Å²) in [4.78, 5) is 12.7. The summed E-state index contributed by atoms with van der Waals surface area (Å²) in [5.41, 5.74) is 3.27. The standard InChI is InChI=1S/C19H18BrFN2O2/c1-4-25-19(24)17-16(11(2)3)14-9-10-15(20)23(14)22-18(17)12-5-7-13(21)8-6-12/h5-11H,4H2,1-3H3. The SMILES string of the molecule is CCOC(=O)c1c(-c2ccc(F)cc2)nn2c(Br)ccc2c1C(C)C. The topological polar surface area (TPSA) is 43.6 Å². The van der Waals surface area contributed by atoms with Gasteiger partial charge in [0.2, 0.25) is 0 Å². The number of rotatable bonds is 4. The van der Waals surface area contributed by atoms with Crippen molar-refractivity contribution in [1.82, 2.24) is 9.61 Å². The van der Waals surface area contributed by atoms with E-state index in [0.717, 1.165) is 15.7 Å². The van der Waals surface area contributed by atoms with Gasteiger partial charge in [-0.2, -0.15) is 5.10 Å². The lowest BCUT2D eigenvalue weighted by atomic mass is 9.93. The maximum atomic E-state index is 13.3. The molecule has 0 bridgehead atoms. The fourth-order valence-electron chi connectivity index (χ4n) is 2.92. The largest absolute Gasteiger partial charge is 0.462 e. The Morgan fingerprint density at radius 1 is 1.24 bits per heavy atom. The Kier molecular flexibility index (Phi) is 4.90. The van der Waals surface area contributed by atoms with Gasteiger partial charge in [-0.3, -0.25) is 0 Å². The maximum Gasteiger partial charge on any atom is 0.340 e. The smallest absolute Gasteiger partial charge is 0.340 e. The van der Waals surface area contributed by atoms with Gasteiger partial charge in [0.25, 0.3) is 0 Å². The predicted molar refractivity (Wildman–Crippen MR) is 98.3 cm³/mol. The fraction of sp³-hybridized carbons (Fsp3) is 0.263. The molecular formula is C19H18BrFN2O2. The van der Waals surface area contributed by atoms with Gasteiger partial charge < -0.3 is 4.74 Å². The quantitative estimate of drug-likeness (QED) is 0.561. The Labute approximate surface area is 153 Å². The zero-order valence-corrected chi connectivity index (χ0v) is 15.8. The summed E-state index contributed by atoms with van der Waals surface area (Å²) in [6.45, 7) is 6.08. The molecule has 3 rings (SSSR count). The minimum atomic E-state index is -0.419. The monoisotopic (exact) mass is 404 g/mol. The van der Waals surface area contributed by atoms with Crippen molar-refractivity contribution in [1.29, 1.82) is 0 Å². The molecule has 0 spiro atoms. The highest BCUT2D eigenvalue weighted by atomic mass is 79.9. The molecule has 3 aromatic rings. The van der Waals surface area contributed by atoms with Crippen LogP contribution in [0.3, 0.4) is 0 Å². The second kappa shape index (κ2) is 6.96. The zero-order chi connectivity index (χ0) is 18.1. The van der Waals surface area contributed by atoms with Crippen molar-refractivity contribution in [2.24, 2.45) is 0 Å². The summed E-state index contributed by atoms with van der Waals surface area (Å²) in [5, 5.41) is 4.63. The van der Waals surface area contributed by atoms with Crippen molar-refractivity contribution in [2.75, 3.05) is 6.61 Å². The lowest BCUT2D eigenvalue weighted by Gasteiger charge is -2.18. The van der Waals surface area contributed by atoms with Crippen molar-refractivity contribution >= 4 is 27.4 Å². The number of fused-ring (bicyclic) bond motifs is 1. The number of ether oxygens (including phenoxy) is 1. The first-order valence-electron chi connectivity index (χ1n) is 8.08. The normalized spacial score (nSPS) is 11.3. The molecule has 0 fully saturated rings. The molecule has 6 heteroatoms. The summed E-state index contributed by atoms with van der Waals surface area (Å²) in [7, 11) is 0. The van der Waals surface area contributed by atoms with Crippen LogP contribution in [-0.2, 0) is 4.74 Å². The Hall–Kier alpha value is -2.21. The number of halogens is 2. The van der Waals surface area contributed by atoms with Gasteiger partial charge in [-0.1, -0.05) is 13.8 Å². The summed E-state index contributed by atoms with van der Waals surface area (Å²) in [6.07, 6.45) is 0. The van der Waals surface area contributed by atoms with E-state index >= 15 is 0 Å². The van der Waals surface area contributed by atoms with Gasteiger partial charge in [0.1, 0.15) is 16.1 Å². The number of aromatic nitrogens is 2. The third-order valence-corrected chi connectivity index (χ3v) is 4.57. The summed E-state index contributed by atoms with van der Waals surface area (Å²) < 4.78 is 21.1. The van der Waals surface area contributed by atoms with Crippen LogP contribution in [0, 0.1) is 5.82 Å². The summed E-state index contributed by atoms with van der Waals surface area (Å²) in [5.74, 6) is -0.683. The highest BCUT2D eigenvalue weighted by molar-refractivity contribution is 9.10. The van der Waals surface area contributed by atoms with E-state index in [1.807, 2.05) is 26.0 Å². The van der Waals surface area contributed by atoms with Gasteiger partial charge in [0.15, 0.2) is 0 Å². The molecule has 0 atom stereocenters. The van der Waals surface area contributed by atoms with E-state index in [2.05, 4.69) is 21.0 Å². The van der Waals surface area contributed by atoms with Crippen LogP contribution in [0.5, 0.6) is 0 Å². The first kappa shape index (κ1) is 17.6. The molecule has 0 saturated heterocycles. The Morgan fingerprint density at radius 3 is 2.52 bits per heavy atom. The minimum absolute atomic E-state index is 0.0749. The van der Waals surface area contributed by atoms with Crippen LogP contribution < -0.4 is 0 Å². The minimum Gasteiger partial charge on any atom is -0.462 e. The van der Waals surface area contributed by atoms with E-state index in [1.165, 1.54) is 12.1 Å². The van der Waals surface area contributed by atoms with E-state index in [0.29, 0.717) is 16.8 Å². The summed E-state index contributed by atoms with van der Waals surface area (Å²) in [6, 6.07) is 9.76. The molecule has 2 heterocycles. The summed E-state index contributed by atoms with van der Waals surface area (Å²) >= 11 is 3.49. The molecule has 0 aliphatic rings. The Morgan fingerprint density at radius 2 is 1.92 bits per heavy atom. The molecule has 0 N–H and O–H groups in total. The molecule has 0 amide bonds. The molecule has 0 unspecified atom stereocenters. The third kappa shape index (κ3) is 3.18. The van der Waals surface area contributed by atoms with Crippen LogP contribution >= 0.6 is 15.9 Å². The van der Waals surface area contributed by atoms with Gasteiger partial charge in [-0.15, -0.1) is 0 Å². The van der Waals surface area contributed by atoms with Crippen LogP contribution in [-0.4, -0.2) is 22.2 Å². The molecule has 130 valence electrons. The lowest BCUT2D eigenvalue weighted by Crippen LogP contribution is -2.15. The van der Waals surface area contributed by atoms with Crippen LogP contribution in [0.15, 0.2) is 41.0 Å². The molecular weight excluding hydrogens is 387 g/mol. The van der Waals surface area contributed by atoms with Gasteiger partial charge in [0, 0.05) is 5.56 Å². The second-order valence-electron chi connectivity index (χ2n) is 5.97. The molecule has 1 aromatic carbocycles. The van der Waals surface area contributed by atoms with E-state index in [-0.39, 0.29) is 18.3 Å². The Balaban J connectivity index is 2.40. The number of hydrogen-bond donors (Lipinski definition) is 0. The number of carbonyl (C=O) groups is 1. The van der Waals surface area contributed by atoms with E-state index in [1.54, 1.807) is 23.6 Å². The van der Waals surface area contributed by atoms with Crippen molar-refractivity contribution in [2.45, 2.75) is 26.7 Å². The van der Waals surface area contributed by atoms with Crippen LogP contribution in [0.25, 0.3) is 16.8 Å². The molecule has 0 aliphatic heterocycles. The highest BCUT2D eigenvalue weighted by Crippen LogP contribution is 2.34. The molecule has 25 heavy (non-hydrogen) atoms. The fourth-order valence-corrected chi connectivity index (χ4v) is 3.32. The second-order valence-corrected chi connectivity index (χ2v) is 6.78. The van der Waals surface area contributed by atoms with E-state index in [9.17, 15) is 9.18 Å². The van der Waals surface area contributed by atoms with Crippen LogP contribution in [0.2, 0.25) is 0 Å². The maximum absolute atomic E-state index is 13.3. The molecule has 0 radical (unpaired) electrons. The van der Waals surface area contributed by atoms with E-state index < -0.39 is 5.97 Å². The van der Waals surface area contributed by atoms with E-state index in [4.69, 9.17) is 4.74 Å². The van der Waals surface area contributed by atoms with Crippen molar-refractivity contribution < 1.29 is 13.9 Å². The lowest BCUT2D eigenvalue weighted by molar-refractivity contribution is 0.0525. The third-order valence-electron chi connectivity index (χ3n) is 3.97. The molecule has 0 saturated carbocycles. The van der Waals surface area contributed by atoms with Gasteiger partial charge in [0.05, 0.1) is 17.7 Å². The van der Waals surface area contributed by atoms with Crippen LogP contribution in [0.4, 0.5) is 4.39 Å². The number of hydrogen-bond acceptors (Lipinski definition) is 3. The molecule has 4 nitrogen and oxygen atoms in total. The van der Waals surface area contributed by atoms with Crippen molar-refractivity contribution in [3.05, 3.63) is 57.9 Å². The Bertz CT molecular complexity index is 933. The van der Waals surface area contributed by atoms with Crippen molar-refractivity contribution in [3.63, 3.8) is 0 Å². The van der Waals surface area contributed by atoms with Crippen molar-refractivity contribution in [3.8, 4) is 11.3 Å². The number of benzene rings is 1. The predicted octanol–water partition coefficient (Wildman–Crippen LogP) is 5.20. The number of esters is 1. The first-order valence-corrected chi connectivity index (χ1v) is 8.87. The average molecular weight is 405 g/mol. The average Bonchev–Trinajstić information content (AvgIpc) is 2.95.